The van der Waals surface area contributed by atoms with Crippen LogP contribution in [0.3, 0.4) is 0 Å². The van der Waals surface area contributed by atoms with Crippen molar-refractivity contribution in [2.75, 3.05) is 20.6 Å². The molecule has 0 heterocycles. The zero-order valence-corrected chi connectivity index (χ0v) is 9.56. The zero-order chi connectivity index (χ0) is 11.5. The highest BCUT2D eigenvalue weighted by Gasteiger charge is 1.97. The van der Waals surface area contributed by atoms with Crippen LogP contribution in [0.25, 0.3) is 0 Å². The van der Waals surface area contributed by atoms with Crippen LogP contribution in [0.4, 0.5) is 0 Å². The molecule has 15 heavy (non-hydrogen) atoms. The van der Waals surface area contributed by atoms with Gasteiger partial charge in [0.15, 0.2) is 0 Å². The number of hydrogen-bond donors (Lipinski definition) is 2. The third kappa shape index (κ3) is 9.21. The van der Waals surface area contributed by atoms with E-state index in [1.165, 1.54) is 19.1 Å². The Bertz CT molecular complexity index is 203. The van der Waals surface area contributed by atoms with Crippen molar-refractivity contribution in [3.63, 3.8) is 0 Å². The zero-order valence-electron chi connectivity index (χ0n) is 9.56. The molecular formula is C10H21N3O2. The summed E-state index contributed by atoms with van der Waals surface area (Å²) in [5, 5.41) is 22.6. The lowest BCUT2D eigenvalue weighted by atomic mass is 10.1. The fourth-order valence-electron chi connectivity index (χ4n) is 1.29. The van der Waals surface area contributed by atoms with Gasteiger partial charge in [0.05, 0.1) is 6.21 Å². The van der Waals surface area contributed by atoms with Crippen molar-refractivity contribution in [3.05, 3.63) is 0 Å². The quantitative estimate of drug-likeness (QED) is 0.281. The second kappa shape index (κ2) is 9.45. The first-order valence-electron chi connectivity index (χ1n) is 5.23. The van der Waals surface area contributed by atoms with Crippen LogP contribution < -0.4 is 0 Å². The Morgan fingerprint density at radius 1 is 1.13 bits per heavy atom. The molecular weight excluding hydrogens is 194 g/mol. The van der Waals surface area contributed by atoms with E-state index in [2.05, 4.69) is 29.3 Å². The van der Waals surface area contributed by atoms with Crippen LogP contribution in [0, 0.1) is 0 Å². The van der Waals surface area contributed by atoms with E-state index >= 15 is 0 Å². The lowest BCUT2D eigenvalue weighted by Crippen LogP contribution is -2.12. The van der Waals surface area contributed by atoms with Crippen LogP contribution in [0.15, 0.2) is 10.3 Å². The highest BCUT2D eigenvalue weighted by Crippen LogP contribution is 2.04. The first-order valence-corrected chi connectivity index (χ1v) is 5.23. The molecule has 0 aliphatic carbocycles. The second-order valence-electron chi connectivity index (χ2n) is 3.80. The van der Waals surface area contributed by atoms with E-state index in [9.17, 15) is 0 Å². The highest BCUT2D eigenvalue weighted by atomic mass is 16.4. The van der Waals surface area contributed by atoms with E-state index in [0.29, 0.717) is 12.1 Å². The minimum Gasteiger partial charge on any atom is -0.411 e. The molecule has 0 bridgehead atoms. The average Bonchev–Trinajstić information content (AvgIpc) is 2.21. The molecule has 5 nitrogen and oxygen atoms in total. The Labute approximate surface area is 91.1 Å². The van der Waals surface area contributed by atoms with Crippen LogP contribution >= 0.6 is 0 Å². The molecule has 0 fully saturated rings. The number of nitrogens with zero attached hydrogens (tertiary/aromatic N) is 3. The lowest BCUT2D eigenvalue weighted by Gasteiger charge is -2.08. The van der Waals surface area contributed by atoms with Crippen molar-refractivity contribution in [2.45, 2.75) is 32.1 Å². The summed E-state index contributed by atoms with van der Waals surface area (Å²) in [4.78, 5) is 2.17. The molecule has 0 aromatic carbocycles. The summed E-state index contributed by atoms with van der Waals surface area (Å²) in [6, 6.07) is 0. The Morgan fingerprint density at radius 2 is 1.80 bits per heavy atom. The third-order valence-electron chi connectivity index (χ3n) is 2.12. The standard InChI is InChI=1S/C10H21N3O2/c1-13(2)8-6-4-3-5-7-10(12-15)9-11-14/h9,14-15H,3-8H2,1-2H3/b11-9-,12-10-. The molecule has 0 saturated carbocycles. The van der Waals surface area contributed by atoms with Crippen molar-refractivity contribution in [1.29, 1.82) is 0 Å². The molecule has 5 heteroatoms. The molecule has 0 aliphatic heterocycles. The van der Waals surface area contributed by atoms with E-state index in [-0.39, 0.29) is 0 Å². The maximum Gasteiger partial charge on any atom is 0.101 e. The van der Waals surface area contributed by atoms with Gasteiger partial charge in [-0.3, -0.25) is 0 Å². The molecule has 0 atom stereocenters. The van der Waals surface area contributed by atoms with Gasteiger partial charge in [0, 0.05) is 0 Å². The van der Waals surface area contributed by atoms with Crippen molar-refractivity contribution in [2.24, 2.45) is 10.3 Å². The molecule has 88 valence electrons. The minimum absolute atomic E-state index is 0.421. The summed E-state index contributed by atoms with van der Waals surface area (Å²) in [6.07, 6.45) is 6.24. The Hall–Kier alpha value is -1.10. The molecule has 0 saturated heterocycles. The van der Waals surface area contributed by atoms with Gasteiger partial charge in [-0.25, -0.2) is 0 Å². The predicted octanol–water partition coefficient (Wildman–Crippen LogP) is 1.79. The molecule has 0 amide bonds. The molecule has 0 aliphatic rings. The van der Waals surface area contributed by atoms with Gasteiger partial charge < -0.3 is 15.3 Å². The van der Waals surface area contributed by atoms with Crippen LogP contribution in [-0.2, 0) is 0 Å². The topological polar surface area (TPSA) is 68.4 Å². The molecule has 0 unspecified atom stereocenters. The third-order valence-corrected chi connectivity index (χ3v) is 2.12. The molecule has 0 spiro atoms. The normalized spacial score (nSPS) is 12.9. The van der Waals surface area contributed by atoms with Gasteiger partial charge in [-0.15, -0.1) is 0 Å². The van der Waals surface area contributed by atoms with Gasteiger partial charge in [0.1, 0.15) is 5.71 Å². The fraction of sp³-hybridized carbons (Fsp3) is 0.800. The van der Waals surface area contributed by atoms with Crippen LogP contribution in [-0.4, -0.2) is 47.9 Å². The molecule has 0 radical (unpaired) electrons. The lowest BCUT2D eigenvalue weighted by molar-refractivity contribution is 0.314. The number of rotatable bonds is 8. The van der Waals surface area contributed by atoms with E-state index in [0.717, 1.165) is 19.4 Å². The Balaban J connectivity index is 3.37. The monoisotopic (exact) mass is 215 g/mol. The van der Waals surface area contributed by atoms with Gasteiger partial charge in [-0.1, -0.05) is 23.2 Å². The van der Waals surface area contributed by atoms with Crippen LogP contribution in [0.1, 0.15) is 32.1 Å². The number of hydrogen-bond acceptors (Lipinski definition) is 5. The average molecular weight is 215 g/mol. The van der Waals surface area contributed by atoms with E-state index in [1.54, 1.807) is 0 Å². The van der Waals surface area contributed by atoms with E-state index < -0.39 is 0 Å². The van der Waals surface area contributed by atoms with Crippen molar-refractivity contribution in [1.82, 2.24) is 4.90 Å². The molecule has 0 rings (SSSR count). The van der Waals surface area contributed by atoms with Gasteiger partial charge in [-0.2, -0.15) is 0 Å². The fourth-order valence-corrected chi connectivity index (χ4v) is 1.29. The Morgan fingerprint density at radius 3 is 2.33 bits per heavy atom. The SMILES string of the molecule is CN(C)CCCCCCC(/C=N\O)=N/O. The molecule has 2 N–H and O–H groups in total. The summed E-state index contributed by atoms with van der Waals surface area (Å²) in [5.74, 6) is 0. The summed E-state index contributed by atoms with van der Waals surface area (Å²) >= 11 is 0. The van der Waals surface area contributed by atoms with Crippen molar-refractivity contribution >= 4 is 11.9 Å². The van der Waals surface area contributed by atoms with Gasteiger partial charge in [0.2, 0.25) is 0 Å². The maximum atomic E-state index is 8.51. The van der Waals surface area contributed by atoms with E-state index in [1.807, 2.05) is 0 Å². The smallest absolute Gasteiger partial charge is 0.101 e. The van der Waals surface area contributed by atoms with Crippen LogP contribution in [0.2, 0.25) is 0 Å². The van der Waals surface area contributed by atoms with Crippen molar-refractivity contribution in [3.8, 4) is 0 Å². The van der Waals surface area contributed by atoms with Crippen molar-refractivity contribution < 1.29 is 10.4 Å². The molecule has 0 aromatic rings. The van der Waals surface area contributed by atoms with Gasteiger partial charge in [0.25, 0.3) is 0 Å². The van der Waals surface area contributed by atoms with E-state index in [4.69, 9.17) is 10.4 Å². The summed E-state index contributed by atoms with van der Waals surface area (Å²) in [7, 11) is 4.13. The second-order valence-corrected chi connectivity index (χ2v) is 3.80. The first kappa shape index (κ1) is 13.9. The predicted molar refractivity (Wildman–Crippen MR) is 61.1 cm³/mol. The number of unbranched alkanes of at least 4 members (excludes halogenated alkanes) is 3. The maximum absolute atomic E-state index is 8.51. The first-order chi connectivity index (χ1) is 7.20. The summed E-state index contributed by atoms with van der Waals surface area (Å²) in [6.45, 7) is 1.11. The van der Waals surface area contributed by atoms with Gasteiger partial charge in [-0.05, 0) is 39.9 Å². The minimum atomic E-state index is 0.421. The van der Waals surface area contributed by atoms with Crippen LogP contribution in [0.5, 0.6) is 0 Å². The highest BCUT2D eigenvalue weighted by molar-refractivity contribution is 6.30. The van der Waals surface area contributed by atoms with Gasteiger partial charge >= 0.3 is 0 Å². The summed E-state index contributed by atoms with van der Waals surface area (Å²) < 4.78 is 0. The Kier molecular flexibility index (Phi) is 8.76. The largest absolute Gasteiger partial charge is 0.411 e. The number of oxime groups is 2. The summed E-state index contributed by atoms with van der Waals surface area (Å²) in [5.41, 5.74) is 0.421. The molecule has 0 aromatic heterocycles.